The monoisotopic (exact) mass is 246 g/mol. The Kier molecular flexibility index (Phi) is 31.9. The van der Waals surface area contributed by atoms with Crippen molar-refractivity contribution in [3.63, 3.8) is 0 Å². The largest absolute Gasteiger partial charge is 3.00 e. The fourth-order valence-corrected chi connectivity index (χ4v) is 0.873. The fraction of sp³-hybridized carbons (Fsp3) is 0.875. The Hall–Kier alpha value is 0.0264. The minimum atomic E-state index is -0.920. The van der Waals surface area contributed by atoms with Crippen molar-refractivity contribution >= 4 is 25.8 Å². The maximum atomic E-state index is 9.92. The Balaban J connectivity index is -0.000000135. The molecule has 13 heavy (non-hydrogen) atoms. The maximum Gasteiger partial charge on any atom is 3.00 e. The average molecular weight is 247 g/mol. The first-order valence-electron chi connectivity index (χ1n) is 3.97. The van der Waals surface area contributed by atoms with Crippen molar-refractivity contribution in [2.24, 2.45) is 0 Å². The van der Waals surface area contributed by atoms with E-state index in [1.807, 2.05) is 0 Å². The number of hydrogen-bond acceptors (Lipinski definition) is 4. The van der Waals surface area contributed by atoms with Crippen molar-refractivity contribution in [2.75, 3.05) is 0 Å². The van der Waals surface area contributed by atoms with Gasteiger partial charge in [-0.3, -0.25) is 0 Å². The van der Waals surface area contributed by atoms with Crippen LogP contribution < -0.4 is 5.11 Å². The molecule has 0 aliphatic carbocycles. The van der Waals surface area contributed by atoms with Gasteiger partial charge in [-0.1, -0.05) is 32.6 Å². The molecule has 0 spiro atoms. The third-order valence-corrected chi connectivity index (χ3v) is 1.48. The molecule has 76 valence electrons. The van der Waals surface area contributed by atoms with E-state index in [4.69, 9.17) is 0 Å². The van der Waals surface area contributed by atoms with Crippen LogP contribution in [0.15, 0.2) is 0 Å². The topological polar surface area (TPSA) is 100 Å². The Morgan fingerprint density at radius 3 is 1.92 bits per heavy atom. The number of carboxylic acids is 1. The second-order valence-electron chi connectivity index (χ2n) is 2.54. The zero-order chi connectivity index (χ0) is 7.82. The van der Waals surface area contributed by atoms with Crippen molar-refractivity contribution in [1.82, 2.24) is 0 Å². The molecule has 0 fully saturated rings. The molecular formula is C8H17GaO4. The molecule has 0 amide bonds. The van der Waals surface area contributed by atoms with Gasteiger partial charge in [0.2, 0.25) is 0 Å². The Morgan fingerprint density at radius 2 is 1.54 bits per heavy atom. The predicted molar refractivity (Wildman–Crippen MR) is 48.0 cm³/mol. The Morgan fingerprint density at radius 1 is 1.08 bits per heavy atom. The number of hydrogen-bond donors (Lipinski definition) is 0. The van der Waals surface area contributed by atoms with E-state index in [-0.39, 0.29) is 37.2 Å². The standard InChI is InChI=1S/C8H16O2.Ga.2H2O/c1-2-3-4-5-6-7-8(9)10;;;/h2-7H2,1H3,(H,9,10);;2*1H2/q;+3;;/p-3. The zero-order valence-electron chi connectivity index (χ0n) is 8.03. The second kappa shape index (κ2) is 17.9. The summed E-state index contributed by atoms with van der Waals surface area (Å²) in [4.78, 5) is 9.92. The van der Waals surface area contributed by atoms with Crippen LogP contribution in [0.1, 0.15) is 45.4 Å². The predicted octanol–water partition coefficient (Wildman–Crippen LogP) is 0.362. The number of aliphatic carboxylic acids is 1. The summed E-state index contributed by atoms with van der Waals surface area (Å²) in [6.45, 7) is 2.14. The molecule has 0 saturated heterocycles. The minimum Gasteiger partial charge on any atom is -0.870 e. The van der Waals surface area contributed by atoms with Gasteiger partial charge < -0.3 is 20.9 Å². The molecule has 0 unspecified atom stereocenters. The molecule has 0 bridgehead atoms. The summed E-state index contributed by atoms with van der Waals surface area (Å²) in [5.41, 5.74) is 0. The van der Waals surface area contributed by atoms with E-state index in [1.54, 1.807) is 0 Å². The molecule has 0 aromatic carbocycles. The molecular weight excluding hydrogens is 230 g/mol. The molecule has 0 aromatic heterocycles. The molecule has 0 atom stereocenters. The van der Waals surface area contributed by atoms with Gasteiger partial charge in [-0.05, 0) is 12.8 Å². The normalized spacial score (nSPS) is 7.46. The van der Waals surface area contributed by atoms with E-state index in [0.29, 0.717) is 0 Å². The van der Waals surface area contributed by atoms with Crippen LogP contribution >= 0.6 is 0 Å². The number of carbonyl (C=O) groups excluding carboxylic acids is 1. The Labute approximate surface area is 92.4 Å². The van der Waals surface area contributed by atoms with Crippen molar-refractivity contribution in [1.29, 1.82) is 0 Å². The number of carbonyl (C=O) groups is 1. The van der Waals surface area contributed by atoms with Crippen LogP contribution in [0.4, 0.5) is 0 Å². The van der Waals surface area contributed by atoms with E-state index in [9.17, 15) is 9.90 Å². The van der Waals surface area contributed by atoms with E-state index < -0.39 is 5.97 Å². The SMILES string of the molecule is CCCCCCCC(=O)[O-].[Ga+3].[OH-].[OH-]. The third-order valence-electron chi connectivity index (χ3n) is 1.48. The van der Waals surface area contributed by atoms with Gasteiger partial charge in [-0.15, -0.1) is 0 Å². The Bertz CT molecular complexity index is 98.1. The third kappa shape index (κ3) is 24.5. The summed E-state index contributed by atoms with van der Waals surface area (Å²) in [5, 5.41) is 9.92. The van der Waals surface area contributed by atoms with Gasteiger partial charge in [-0.2, -0.15) is 0 Å². The van der Waals surface area contributed by atoms with Crippen LogP contribution in [0.3, 0.4) is 0 Å². The van der Waals surface area contributed by atoms with Gasteiger partial charge in [0, 0.05) is 5.97 Å². The van der Waals surface area contributed by atoms with E-state index in [2.05, 4.69) is 6.92 Å². The summed E-state index contributed by atoms with van der Waals surface area (Å²) < 4.78 is 0. The van der Waals surface area contributed by atoms with Gasteiger partial charge >= 0.3 is 19.8 Å². The van der Waals surface area contributed by atoms with Crippen LogP contribution in [0.5, 0.6) is 0 Å². The zero-order valence-corrected chi connectivity index (χ0v) is 10.5. The van der Waals surface area contributed by atoms with E-state index in [0.717, 1.165) is 19.3 Å². The van der Waals surface area contributed by atoms with Gasteiger partial charge in [-0.25, -0.2) is 0 Å². The van der Waals surface area contributed by atoms with Gasteiger partial charge in [0.15, 0.2) is 0 Å². The summed E-state index contributed by atoms with van der Waals surface area (Å²) in [7, 11) is 0. The first-order chi connectivity index (χ1) is 4.77. The number of unbranched alkanes of at least 4 members (excludes halogenated alkanes) is 4. The molecule has 0 saturated carbocycles. The van der Waals surface area contributed by atoms with Gasteiger partial charge in [0.1, 0.15) is 0 Å². The molecule has 0 aliphatic heterocycles. The van der Waals surface area contributed by atoms with Crippen molar-refractivity contribution in [2.45, 2.75) is 45.4 Å². The average Bonchev–Trinajstić information content (AvgIpc) is 1.87. The maximum absolute atomic E-state index is 9.92. The second-order valence-corrected chi connectivity index (χ2v) is 2.54. The van der Waals surface area contributed by atoms with Crippen LogP contribution in [0.2, 0.25) is 0 Å². The molecule has 5 heteroatoms. The molecule has 0 aromatic rings. The van der Waals surface area contributed by atoms with Crippen LogP contribution in [-0.2, 0) is 4.79 Å². The smallest absolute Gasteiger partial charge is 0.870 e. The van der Waals surface area contributed by atoms with Crippen LogP contribution in [0.25, 0.3) is 0 Å². The molecule has 0 radical (unpaired) electrons. The summed E-state index contributed by atoms with van der Waals surface area (Å²) >= 11 is 0. The van der Waals surface area contributed by atoms with E-state index in [1.165, 1.54) is 12.8 Å². The van der Waals surface area contributed by atoms with E-state index >= 15 is 0 Å². The van der Waals surface area contributed by atoms with Crippen molar-refractivity contribution in [3.05, 3.63) is 0 Å². The molecule has 0 aliphatic rings. The molecule has 0 heterocycles. The van der Waals surface area contributed by atoms with Crippen LogP contribution in [-0.4, -0.2) is 36.7 Å². The fourth-order valence-electron chi connectivity index (χ4n) is 0.873. The molecule has 2 N–H and O–H groups in total. The van der Waals surface area contributed by atoms with Crippen LogP contribution in [0, 0.1) is 0 Å². The summed E-state index contributed by atoms with van der Waals surface area (Å²) in [6, 6.07) is 0. The summed E-state index contributed by atoms with van der Waals surface area (Å²) in [5.74, 6) is -0.920. The van der Waals surface area contributed by atoms with Gasteiger partial charge in [0.05, 0.1) is 0 Å². The van der Waals surface area contributed by atoms with Crippen molar-refractivity contribution < 1.29 is 20.9 Å². The first-order valence-corrected chi connectivity index (χ1v) is 3.97. The quantitative estimate of drug-likeness (QED) is 0.499. The number of carboxylic acid groups (broad SMARTS) is 1. The molecule has 0 rings (SSSR count). The molecule has 4 nitrogen and oxygen atoms in total. The van der Waals surface area contributed by atoms with Crippen molar-refractivity contribution in [3.8, 4) is 0 Å². The number of rotatable bonds is 6. The summed E-state index contributed by atoms with van der Waals surface area (Å²) in [6.07, 6.45) is 5.61. The van der Waals surface area contributed by atoms with Gasteiger partial charge in [0.25, 0.3) is 0 Å². The minimum absolute atomic E-state index is 0. The first kappa shape index (κ1) is 23.1.